The largest absolute Gasteiger partial charge is 0.338 e. The summed E-state index contributed by atoms with van der Waals surface area (Å²) in [6.45, 7) is 5.62. The Morgan fingerprint density at radius 1 is 1.53 bits per heavy atom. The highest BCUT2D eigenvalue weighted by atomic mass is 35.5. The maximum Gasteiger partial charge on any atom is 0.317 e. The summed E-state index contributed by atoms with van der Waals surface area (Å²) in [5.41, 5.74) is 0. The Labute approximate surface area is 97.2 Å². The van der Waals surface area contributed by atoms with Gasteiger partial charge in [-0.05, 0) is 25.7 Å². The molecule has 1 saturated carbocycles. The molecule has 2 aliphatic rings. The number of nitrogens with one attached hydrogen (secondary N) is 2. The van der Waals surface area contributed by atoms with Crippen molar-refractivity contribution in [3.05, 3.63) is 0 Å². The SMILES string of the molecule is CC1CNCCN1C(=O)NCC1CC1.Cl. The minimum atomic E-state index is 0. The molecular weight excluding hydrogens is 214 g/mol. The fourth-order valence-electron chi connectivity index (χ4n) is 1.80. The van der Waals surface area contributed by atoms with E-state index in [4.69, 9.17) is 0 Å². The fourth-order valence-corrected chi connectivity index (χ4v) is 1.80. The summed E-state index contributed by atoms with van der Waals surface area (Å²) < 4.78 is 0. The number of urea groups is 1. The van der Waals surface area contributed by atoms with Crippen molar-refractivity contribution in [3.8, 4) is 0 Å². The molecule has 0 spiro atoms. The number of rotatable bonds is 2. The number of halogens is 1. The van der Waals surface area contributed by atoms with Crippen molar-refractivity contribution in [3.63, 3.8) is 0 Å². The summed E-state index contributed by atoms with van der Waals surface area (Å²) in [6, 6.07) is 0.439. The third kappa shape index (κ3) is 3.54. The number of amides is 2. The van der Waals surface area contributed by atoms with E-state index in [-0.39, 0.29) is 18.4 Å². The predicted octanol–water partition coefficient (Wildman–Crippen LogP) is 0.821. The van der Waals surface area contributed by atoms with Gasteiger partial charge in [0.15, 0.2) is 0 Å². The maximum atomic E-state index is 11.7. The number of nitrogens with zero attached hydrogens (tertiary/aromatic N) is 1. The standard InChI is InChI=1S/C10H19N3O.ClH/c1-8-6-11-4-5-13(8)10(14)12-7-9-2-3-9;/h8-9,11H,2-7H2,1H3,(H,12,14);1H. The highest BCUT2D eigenvalue weighted by Crippen LogP contribution is 2.27. The van der Waals surface area contributed by atoms with Crippen LogP contribution in [0.5, 0.6) is 0 Å². The molecule has 1 aliphatic carbocycles. The van der Waals surface area contributed by atoms with E-state index in [0.29, 0.717) is 6.04 Å². The van der Waals surface area contributed by atoms with Gasteiger partial charge in [-0.1, -0.05) is 0 Å². The molecule has 0 aromatic carbocycles. The molecule has 88 valence electrons. The summed E-state index contributed by atoms with van der Waals surface area (Å²) in [4.78, 5) is 13.7. The average molecular weight is 234 g/mol. The molecule has 2 amide bonds. The van der Waals surface area contributed by atoms with E-state index < -0.39 is 0 Å². The van der Waals surface area contributed by atoms with Crippen LogP contribution >= 0.6 is 12.4 Å². The van der Waals surface area contributed by atoms with Gasteiger partial charge in [0.1, 0.15) is 0 Å². The molecule has 1 heterocycles. The van der Waals surface area contributed by atoms with Gasteiger partial charge < -0.3 is 15.5 Å². The molecule has 1 aliphatic heterocycles. The van der Waals surface area contributed by atoms with E-state index in [0.717, 1.165) is 32.1 Å². The first kappa shape index (κ1) is 12.6. The molecule has 15 heavy (non-hydrogen) atoms. The first-order chi connectivity index (χ1) is 6.77. The minimum Gasteiger partial charge on any atom is -0.338 e. The number of hydrogen-bond donors (Lipinski definition) is 2. The van der Waals surface area contributed by atoms with Gasteiger partial charge in [-0.15, -0.1) is 12.4 Å². The van der Waals surface area contributed by atoms with Crippen LogP contribution in [-0.2, 0) is 0 Å². The second kappa shape index (κ2) is 5.56. The molecule has 2 fully saturated rings. The molecule has 5 heteroatoms. The molecule has 2 N–H and O–H groups in total. The zero-order valence-electron chi connectivity index (χ0n) is 9.16. The van der Waals surface area contributed by atoms with Gasteiger partial charge >= 0.3 is 6.03 Å². The van der Waals surface area contributed by atoms with Crippen molar-refractivity contribution >= 4 is 18.4 Å². The topological polar surface area (TPSA) is 44.4 Å². The molecule has 4 nitrogen and oxygen atoms in total. The average Bonchev–Trinajstić information content (AvgIpc) is 2.98. The van der Waals surface area contributed by atoms with Gasteiger partial charge in [0.2, 0.25) is 0 Å². The molecule has 0 aromatic heterocycles. The van der Waals surface area contributed by atoms with Crippen LogP contribution in [0, 0.1) is 5.92 Å². The molecule has 1 saturated heterocycles. The number of carbonyl (C=O) groups is 1. The Bertz CT molecular complexity index is 221. The lowest BCUT2D eigenvalue weighted by Gasteiger charge is -2.33. The smallest absolute Gasteiger partial charge is 0.317 e. The van der Waals surface area contributed by atoms with Gasteiger partial charge in [0.05, 0.1) is 0 Å². The van der Waals surface area contributed by atoms with Crippen LogP contribution in [0.4, 0.5) is 4.79 Å². The van der Waals surface area contributed by atoms with E-state index in [1.54, 1.807) is 0 Å². The van der Waals surface area contributed by atoms with Crippen molar-refractivity contribution in [1.82, 2.24) is 15.5 Å². The van der Waals surface area contributed by atoms with Crippen molar-refractivity contribution < 1.29 is 4.79 Å². The monoisotopic (exact) mass is 233 g/mol. The summed E-state index contributed by atoms with van der Waals surface area (Å²) in [5.74, 6) is 0.761. The Kier molecular flexibility index (Phi) is 4.67. The van der Waals surface area contributed by atoms with Crippen LogP contribution in [0.15, 0.2) is 0 Å². The van der Waals surface area contributed by atoms with E-state index in [2.05, 4.69) is 17.6 Å². The summed E-state index contributed by atoms with van der Waals surface area (Å²) in [7, 11) is 0. The number of hydrogen-bond acceptors (Lipinski definition) is 2. The Morgan fingerprint density at radius 2 is 2.27 bits per heavy atom. The highest BCUT2D eigenvalue weighted by molar-refractivity contribution is 5.85. The van der Waals surface area contributed by atoms with Crippen LogP contribution in [0.2, 0.25) is 0 Å². The van der Waals surface area contributed by atoms with E-state index >= 15 is 0 Å². The van der Waals surface area contributed by atoms with Crippen molar-refractivity contribution in [2.75, 3.05) is 26.2 Å². The van der Waals surface area contributed by atoms with E-state index in [1.165, 1.54) is 12.8 Å². The van der Waals surface area contributed by atoms with Crippen LogP contribution in [0.3, 0.4) is 0 Å². The molecule has 0 bridgehead atoms. The third-order valence-electron chi connectivity index (χ3n) is 3.00. The Hall–Kier alpha value is -0.480. The van der Waals surface area contributed by atoms with E-state index in [9.17, 15) is 4.79 Å². The second-order valence-electron chi connectivity index (χ2n) is 4.38. The first-order valence-electron chi connectivity index (χ1n) is 5.52. The zero-order chi connectivity index (χ0) is 9.97. The van der Waals surface area contributed by atoms with Crippen molar-refractivity contribution in [2.24, 2.45) is 5.92 Å². The predicted molar refractivity (Wildman–Crippen MR) is 62.4 cm³/mol. The number of carbonyl (C=O) groups excluding carboxylic acids is 1. The lowest BCUT2D eigenvalue weighted by atomic mass is 10.2. The quantitative estimate of drug-likeness (QED) is 0.742. The summed E-state index contributed by atoms with van der Waals surface area (Å²) >= 11 is 0. The van der Waals surface area contributed by atoms with Crippen LogP contribution < -0.4 is 10.6 Å². The normalized spacial score (nSPS) is 25.7. The lowest BCUT2D eigenvalue weighted by molar-refractivity contribution is 0.164. The van der Waals surface area contributed by atoms with E-state index in [1.807, 2.05) is 4.90 Å². The van der Waals surface area contributed by atoms with Crippen LogP contribution in [0.25, 0.3) is 0 Å². The van der Waals surface area contributed by atoms with Gasteiger partial charge in [-0.25, -0.2) is 4.79 Å². The van der Waals surface area contributed by atoms with Crippen molar-refractivity contribution in [1.29, 1.82) is 0 Å². The maximum absolute atomic E-state index is 11.7. The van der Waals surface area contributed by atoms with Gasteiger partial charge in [0.25, 0.3) is 0 Å². The lowest BCUT2D eigenvalue weighted by Crippen LogP contribution is -2.55. The fraction of sp³-hybridized carbons (Fsp3) is 0.900. The van der Waals surface area contributed by atoms with Gasteiger partial charge in [0, 0.05) is 32.2 Å². The Morgan fingerprint density at radius 3 is 2.87 bits per heavy atom. The number of piperazine rings is 1. The molecule has 1 atom stereocenters. The van der Waals surface area contributed by atoms with Gasteiger partial charge in [-0.3, -0.25) is 0 Å². The molecule has 2 rings (SSSR count). The minimum absolute atomic E-state index is 0. The first-order valence-corrected chi connectivity index (χ1v) is 5.52. The highest BCUT2D eigenvalue weighted by Gasteiger charge is 2.26. The molecule has 0 radical (unpaired) electrons. The second-order valence-corrected chi connectivity index (χ2v) is 4.38. The van der Waals surface area contributed by atoms with Crippen molar-refractivity contribution in [2.45, 2.75) is 25.8 Å². The summed E-state index contributed by atoms with van der Waals surface area (Å²) in [5, 5.41) is 6.28. The Balaban J connectivity index is 0.00000112. The van der Waals surface area contributed by atoms with Gasteiger partial charge in [-0.2, -0.15) is 0 Å². The van der Waals surface area contributed by atoms with Crippen LogP contribution in [0.1, 0.15) is 19.8 Å². The summed E-state index contributed by atoms with van der Waals surface area (Å²) in [6.07, 6.45) is 2.58. The molecule has 0 aromatic rings. The molecular formula is C10H20ClN3O. The zero-order valence-corrected chi connectivity index (χ0v) is 9.98. The van der Waals surface area contributed by atoms with Crippen LogP contribution in [-0.4, -0.2) is 43.2 Å². The molecule has 1 unspecified atom stereocenters. The third-order valence-corrected chi connectivity index (χ3v) is 3.00.